The van der Waals surface area contributed by atoms with E-state index >= 15 is 0 Å². The minimum atomic E-state index is -0.591. The number of halogens is 1. The number of nitrogens with zero attached hydrogens (tertiary/aromatic N) is 3. The van der Waals surface area contributed by atoms with E-state index in [9.17, 15) is 20.2 Å². The predicted molar refractivity (Wildman–Crippen MR) is 106 cm³/mol. The van der Waals surface area contributed by atoms with Crippen LogP contribution in [0.4, 0.5) is 11.4 Å². The van der Waals surface area contributed by atoms with Crippen LogP contribution < -0.4 is 5.32 Å². The van der Waals surface area contributed by atoms with Crippen LogP contribution in [-0.4, -0.2) is 15.4 Å². The van der Waals surface area contributed by atoms with Gasteiger partial charge in [-0.15, -0.1) is 0 Å². The van der Waals surface area contributed by atoms with Crippen molar-refractivity contribution in [2.75, 3.05) is 5.32 Å². The van der Waals surface area contributed by atoms with Crippen LogP contribution in [0.25, 0.3) is 11.8 Å². The molecule has 28 heavy (non-hydrogen) atoms. The second-order valence-corrected chi connectivity index (χ2v) is 6.09. The van der Waals surface area contributed by atoms with Crippen LogP contribution in [-0.2, 0) is 4.79 Å². The summed E-state index contributed by atoms with van der Waals surface area (Å²) in [5, 5.41) is 23.2. The van der Waals surface area contributed by atoms with Crippen LogP contribution in [0.1, 0.15) is 5.69 Å². The zero-order valence-electron chi connectivity index (χ0n) is 14.4. The van der Waals surface area contributed by atoms with E-state index in [0.29, 0.717) is 22.1 Å². The third kappa shape index (κ3) is 4.09. The van der Waals surface area contributed by atoms with Crippen molar-refractivity contribution < 1.29 is 9.72 Å². The number of carbonyl (C=O) groups excluding carboxylic acids is 1. The summed E-state index contributed by atoms with van der Waals surface area (Å²) in [5.41, 5.74) is 1.50. The number of hydrogen-bond acceptors (Lipinski definition) is 4. The quantitative estimate of drug-likeness (QED) is 0.297. The number of amides is 1. The Morgan fingerprint density at radius 3 is 2.50 bits per heavy atom. The summed E-state index contributed by atoms with van der Waals surface area (Å²) in [6.07, 6.45) is 3.17. The molecular formula is C20H13ClN4O3. The molecule has 0 atom stereocenters. The van der Waals surface area contributed by atoms with Gasteiger partial charge < -0.3 is 9.88 Å². The lowest BCUT2D eigenvalue weighted by Gasteiger charge is -2.08. The number of anilines is 1. The van der Waals surface area contributed by atoms with Gasteiger partial charge in [-0.1, -0.05) is 23.7 Å². The SMILES string of the molecule is N#C/C(=C\c1cccn1-c1ccc([N+](=O)[O-])cc1)C(=O)Nc1ccccc1Cl. The molecule has 0 spiro atoms. The average molecular weight is 393 g/mol. The van der Waals surface area contributed by atoms with Crippen LogP contribution in [0.3, 0.4) is 0 Å². The second-order valence-electron chi connectivity index (χ2n) is 5.68. The van der Waals surface area contributed by atoms with Gasteiger partial charge in [0.2, 0.25) is 0 Å². The molecular weight excluding hydrogens is 380 g/mol. The molecule has 3 rings (SSSR count). The molecule has 3 aromatic rings. The van der Waals surface area contributed by atoms with Gasteiger partial charge in [-0.2, -0.15) is 5.26 Å². The molecule has 138 valence electrons. The lowest BCUT2D eigenvalue weighted by atomic mass is 10.2. The fraction of sp³-hybridized carbons (Fsp3) is 0. The van der Waals surface area contributed by atoms with E-state index in [4.69, 9.17) is 11.6 Å². The van der Waals surface area contributed by atoms with Gasteiger partial charge >= 0.3 is 0 Å². The third-order valence-electron chi connectivity index (χ3n) is 3.90. The number of hydrogen-bond donors (Lipinski definition) is 1. The van der Waals surface area contributed by atoms with Gasteiger partial charge in [-0.05, 0) is 42.5 Å². The predicted octanol–water partition coefficient (Wildman–Crippen LogP) is 4.58. The van der Waals surface area contributed by atoms with Gasteiger partial charge in [-0.3, -0.25) is 14.9 Å². The molecule has 0 aliphatic carbocycles. The number of nitro groups is 1. The topological polar surface area (TPSA) is 101 Å². The Morgan fingerprint density at radius 1 is 1.14 bits per heavy atom. The number of non-ortho nitro benzene ring substituents is 1. The summed E-state index contributed by atoms with van der Waals surface area (Å²) in [7, 11) is 0. The van der Waals surface area contributed by atoms with E-state index in [1.807, 2.05) is 6.07 Å². The highest BCUT2D eigenvalue weighted by molar-refractivity contribution is 6.34. The number of carbonyl (C=O) groups is 1. The highest BCUT2D eigenvalue weighted by Gasteiger charge is 2.13. The summed E-state index contributed by atoms with van der Waals surface area (Å²) in [6, 6.07) is 18.0. The molecule has 8 heteroatoms. The van der Waals surface area contributed by atoms with E-state index in [0.717, 1.165) is 0 Å². The maximum absolute atomic E-state index is 12.4. The molecule has 1 aromatic heterocycles. The zero-order valence-corrected chi connectivity index (χ0v) is 15.1. The molecule has 1 amide bonds. The van der Waals surface area contributed by atoms with E-state index < -0.39 is 10.8 Å². The smallest absolute Gasteiger partial charge is 0.269 e. The Kier molecular flexibility index (Phi) is 5.53. The average Bonchev–Trinajstić information content (AvgIpc) is 3.16. The highest BCUT2D eigenvalue weighted by Crippen LogP contribution is 2.22. The number of benzene rings is 2. The summed E-state index contributed by atoms with van der Waals surface area (Å²) in [6.45, 7) is 0. The van der Waals surface area contributed by atoms with Crippen molar-refractivity contribution in [2.24, 2.45) is 0 Å². The van der Waals surface area contributed by atoms with Gasteiger partial charge in [-0.25, -0.2) is 0 Å². The van der Waals surface area contributed by atoms with Crippen LogP contribution in [0.5, 0.6) is 0 Å². The zero-order chi connectivity index (χ0) is 20.1. The summed E-state index contributed by atoms with van der Waals surface area (Å²) in [4.78, 5) is 22.8. The van der Waals surface area contributed by atoms with Gasteiger partial charge in [0, 0.05) is 29.7 Å². The van der Waals surface area contributed by atoms with Gasteiger partial charge in [0.25, 0.3) is 11.6 Å². The Labute approximate surface area is 165 Å². The molecule has 0 saturated heterocycles. The third-order valence-corrected chi connectivity index (χ3v) is 4.23. The van der Waals surface area contributed by atoms with E-state index in [-0.39, 0.29) is 11.3 Å². The molecule has 0 saturated carbocycles. The molecule has 2 aromatic carbocycles. The number of nitriles is 1. The summed E-state index contributed by atoms with van der Waals surface area (Å²) >= 11 is 6.03. The van der Waals surface area contributed by atoms with Crippen LogP contribution in [0, 0.1) is 21.4 Å². The summed E-state index contributed by atoms with van der Waals surface area (Å²) < 4.78 is 1.71. The Bertz CT molecular complexity index is 1110. The first-order chi connectivity index (χ1) is 13.5. The standard InChI is InChI=1S/C20H13ClN4O3/c21-18-5-1-2-6-19(18)23-20(26)14(13-22)12-17-4-3-11-24(17)15-7-9-16(10-8-15)25(27)28/h1-12H,(H,23,26)/b14-12+. The molecule has 0 unspecified atom stereocenters. The van der Waals surface area contributed by atoms with Gasteiger partial charge in [0.05, 0.1) is 15.6 Å². The fourth-order valence-corrected chi connectivity index (χ4v) is 2.71. The van der Waals surface area contributed by atoms with E-state index in [2.05, 4.69) is 5.32 Å². The first kappa shape index (κ1) is 18.9. The number of rotatable bonds is 5. The molecule has 0 bridgehead atoms. The minimum absolute atomic E-state index is 0.0233. The van der Waals surface area contributed by atoms with Crippen LogP contribution >= 0.6 is 11.6 Å². The maximum atomic E-state index is 12.4. The molecule has 1 heterocycles. The monoisotopic (exact) mass is 392 g/mol. The van der Waals surface area contributed by atoms with Crippen molar-refractivity contribution in [3.05, 3.63) is 93.3 Å². The molecule has 1 N–H and O–H groups in total. The summed E-state index contributed by atoms with van der Waals surface area (Å²) in [5.74, 6) is -0.591. The van der Waals surface area contributed by atoms with Crippen molar-refractivity contribution in [1.82, 2.24) is 4.57 Å². The van der Waals surface area contributed by atoms with Gasteiger partial charge in [0.1, 0.15) is 11.6 Å². The molecule has 0 aliphatic rings. The number of para-hydroxylation sites is 1. The number of nitrogens with one attached hydrogen (secondary N) is 1. The second kappa shape index (κ2) is 8.20. The van der Waals surface area contributed by atoms with Crippen LogP contribution in [0.2, 0.25) is 5.02 Å². The minimum Gasteiger partial charge on any atom is -0.320 e. The van der Waals surface area contributed by atoms with Crippen molar-refractivity contribution in [3.8, 4) is 11.8 Å². The lowest BCUT2D eigenvalue weighted by Crippen LogP contribution is -2.14. The highest BCUT2D eigenvalue weighted by atomic mass is 35.5. The van der Waals surface area contributed by atoms with Crippen molar-refractivity contribution in [3.63, 3.8) is 0 Å². The van der Waals surface area contributed by atoms with Crippen molar-refractivity contribution in [1.29, 1.82) is 5.26 Å². The molecule has 7 nitrogen and oxygen atoms in total. The molecule has 0 fully saturated rings. The Morgan fingerprint density at radius 2 is 1.86 bits per heavy atom. The normalized spacial score (nSPS) is 10.9. The first-order valence-electron chi connectivity index (χ1n) is 8.09. The van der Waals surface area contributed by atoms with E-state index in [1.165, 1.54) is 18.2 Å². The van der Waals surface area contributed by atoms with Gasteiger partial charge in [0.15, 0.2) is 0 Å². The maximum Gasteiger partial charge on any atom is 0.269 e. The number of nitro benzene ring substituents is 1. The number of aromatic nitrogens is 1. The van der Waals surface area contributed by atoms with Crippen LogP contribution in [0.15, 0.2) is 72.4 Å². The first-order valence-corrected chi connectivity index (χ1v) is 8.47. The Hall–Kier alpha value is -3.89. The van der Waals surface area contributed by atoms with Crippen molar-refractivity contribution >= 4 is 35.0 Å². The largest absolute Gasteiger partial charge is 0.320 e. The van der Waals surface area contributed by atoms with E-state index in [1.54, 1.807) is 59.3 Å². The van der Waals surface area contributed by atoms with Crippen molar-refractivity contribution in [2.45, 2.75) is 0 Å². The lowest BCUT2D eigenvalue weighted by molar-refractivity contribution is -0.384. The molecule has 0 radical (unpaired) electrons. The Balaban J connectivity index is 1.89. The fourth-order valence-electron chi connectivity index (χ4n) is 2.53. The molecule has 0 aliphatic heterocycles.